The largest absolute Gasteiger partial charge is 1.00 e. The maximum absolute atomic E-state index is 2.45. The molecule has 1 aliphatic carbocycles. The van der Waals surface area contributed by atoms with E-state index < -0.39 is 8.80 Å². The number of hydrogen-bond acceptors (Lipinski definition) is 0. The van der Waals surface area contributed by atoms with Gasteiger partial charge in [0.25, 0.3) is 0 Å². The molecule has 0 amide bonds. The van der Waals surface area contributed by atoms with Crippen LogP contribution in [-0.2, 0) is 20.4 Å². The summed E-state index contributed by atoms with van der Waals surface area (Å²) in [4.78, 5) is 0. The van der Waals surface area contributed by atoms with Crippen LogP contribution < -0.4 is 47.6 Å². The monoisotopic (exact) mass is 526 g/mol. The Morgan fingerprint density at radius 3 is 1.32 bits per heavy atom. The molecule has 0 fully saturated rings. The number of allylic oxidation sites excluding steroid dienone is 4. The second kappa shape index (κ2) is 11.7. The average Bonchev–Trinajstić information content (AvgIpc) is 2.80. The van der Waals surface area contributed by atoms with Crippen molar-refractivity contribution in [1.82, 2.24) is 0 Å². The van der Waals surface area contributed by atoms with Crippen LogP contribution in [0.15, 0.2) is 56.6 Å². The Hall–Kier alpha value is -0.279. The van der Waals surface area contributed by atoms with Crippen LogP contribution in [0, 0.1) is 33.1 Å². The molecule has 0 saturated heterocycles. The van der Waals surface area contributed by atoms with Gasteiger partial charge >= 0.3 is 186 Å². The first kappa shape index (κ1) is 30.7. The SMILES string of the molecule is CC1=C(C(C)(C)C)[C]([Ti+3])=C([SiH](c2cc(C)cc(C)c2)c2cc(C)cc(C)c2)C1.[Cl-].[Cl-].[Cl-]. The predicted molar refractivity (Wildman–Crippen MR) is 122 cm³/mol. The van der Waals surface area contributed by atoms with E-state index in [0.29, 0.717) is 0 Å². The van der Waals surface area contributed by atoms with Crippen molar-refractivity contribution in [3.05, 3.63) is 78.9 Å². The zero-order chi connectivity index (χ0) is 20.8. The Morgan fingerprint density at radius 1 is 0.677 bits per heavy atom. The Morgan fingerprint density at radius 2 is 1.03 bits per heavy atom. The fourth-order valence-electron chi connectivity index (χ4n) is 5.05. The third-order valence-corrected chi connectivity index (χ3v) is 10.2. The minimum atomic E-state index is -1.48. The van der Waals surface area contributed by atoms with Crippen LogP contribution in [0.5, 0.6) is 0 Å². The topological polar surface area (TPSA) is 0 Å². The molecule has 0 aliphatic heterocycles. The molecule has 0 radical (unpaired) electrons. The summed E-state index contributed by atoms with van der Waals surface area (Å²) in [5.41, 5.74) is 8.91. The number of rotatable bonds is 3. The first-order valence-corrected chi connectivity index (χ1v) is 12.8. The fraction of sp³-hybridized carbons (Fsp3) is 0.385. The van der Waals surface area contributed by atoms with E-state index in [1.54, 1.807) is 30.6 Å². The van der Waals surface area contributed by atoms with Crippen LogP contribution in [0.1, 0.15) is 56.4 Å². The van der Waals surface area contributed by atoms with Crippen molar-refractivity contribution in [2.75, 3.05) is 0 Å². The fourth-order valence-corrected chi connectivity index (χ4v) is 10.6. The number of benzene rings is 2. The van der Waals surface area contributed by atoms with Crippen LogP contribution in [0.25, 0.3) is 0 Å². The van der Waals surface area contributed by atoms with E-state index in [-0.39, 0.29) is 42.6 Å². The summed E-state index contributed by atoms with van der Waals surface area (Å²) in [5.74, 6) is 0. The molecule has 0 unspecified atom stereocenters. The number of aryl methyl sites for hydroxylation is 4. The molecule has 0 heterocycles. The first-order valence-electron chi connectivity index (χ1n) is 10.3. The molecule has 0 N–H and O–H groups in total. The van der Waals surface area contributed by atoms with Gasteiger partial charge in [-0.2, -0.15) is 0 Å². The second-order valence-corrected chi connectivity index (χ2v) is 13.4. The van der Waals surface area contributed by atoms with Crippen LogP contribution in [-0.4, -0.2) is 8.80 Å². The van der Waals surface area contributed by atoms with E-state index in [0.717, 1.165) is 6.42 Å². The molecule has 2 aromatic rings. The maximum Gasteiger partial charge on any atom is -1.00 e. The van der Waals surface area contributed by atoms with Crippen LogP contribution in [0.2, 0.25) is 0 Å². The first-order chi connectivity index (χ1) is 13.0. The van der Waals surface area contributed by atoms with Crippen molar-refractivity contribution in [3.8, 4) is 0 Å². The minimum Gasteiger partial charge on any atom is -1.00 e. The molecule has 2 aromatic carbocycles. The van der Waals surface area contributed by atoms with Gasteiger partial charge in [0.2, 0.25) is 0 Å². The smallest absolute Gasteiger partial charge is 1.00 e. The van der Waals surface area contributed by atoms with Crippen molar-refractivity contribution in [2.24, 2.45) is 5.41 Å². The summed E-state index contributed by atoms with van der Waals surface area (Å²) in [7, 11) is -1.48. The standard InChI is InChI=1S/C26H33Si.3ClH.Ti/c1-17-9-18(2)12-22(11-17)27(23-13-19(3)10-20(4)14-23)24-15-21(5)25(16-24)26(6,7)8;;;;/h9-14,27H,15H2,1-8H3;3*1H;/q;;;;+3/p-3. The van der Waals surface area contributed by atoms with Crippen LogP contribution >= 0.6 is 0 Å². The van der Waals surface area contributed by atoms with Gasteiger partial charge in [-0.25, -0.2) is 0 Å². The van der Waals surface area contributed by atoms with E-state index in [2.05, 4.69) is 112 Å². The molecule has 0 bridgehead atoms. The second-order valence-electron chi connectivity index (χ2n) is 9.76. The van der Waals surface area contributed by atoms with Gasteiger partial charge in [0.1, 0.15) is 0 Å². The van der Waals surface area contributed by atoms with Crippen molar-refractivity contribution < 1.29 is 57.7 Å². The Bertz CT molecular complexity index is 908. The molecule has 166 valence electrons. The van der Waals surface area contributed by atoms with Crippen LogP contribution in [0.4, 0.5) is 0 Å². The molecule has 5 heteroatoms. The summed E-state index contributed by atoms with van der Waals surface area (Å²) in [5, 5.41) is 4.86. The zero-order valence-electron chi connectivity index (χ0n) is 19.9. The quantitative estimate of drug-likeness (QED) is 0.362. The predicted octanol–water partition coefficient (Wildman–Crippen LogP) is -3.62. The van der Waals surface area contributed by atoms with E-state index in [1.807, 2.05) is 0 Å². The van der Waals surface area contributed by atoms with Crippen LogP contribution in [0.3, 0.4) is 0 Å². The Kier molecular flexibility index (Phi) is 11.6. The summed E-state index contributed by atoms with van der Waals surface area (Å²) in [6.07, 6.45) is 1.15. The molecule has 0 atom stereocenters. The molecule has 0 nitrogen and oxygen atoms in total. The molecule has 0 aromatic heterocycles. The van der Waals surface area contributed by atoms with E-state index >= 15 is 0 Å². The molecule has 0 saturated carbocycles. The van der Waals surface area contributed by atoms with Gasteiger partial charge in [-0.05, 0) is 0 Å². The average molecular weight is 528 g/mol. The third-order valence-electron chi connectivity index (χ3n) is 5.71. The maximum atomic E-state index is 2.45. The van der Waals surface area contributed by atoms with Gasteiger partial charge < -0.3 is 37.2 Å². The molecule has 31 heavy (non-hydrogen) atoms. The normalized spacial score (nSPS) is 13.8. The minimum absolute atomic E-state index is 0. The number of halogens is 3. The molecule has 1 aliphatic rings. The summed E-state index contributed by atoms with van der Waals surface area (Å²) >= 11 is 2.39. The Balaban J connectivity index is 0.00000300. The van der Waals surface area contributed by atoms with E-state index in [1.165, 1.54) is 22.3 Å². The molecular formula is C26H33Cl3SiTi. The zero-order valence-corrected chi connectivity index (χ0v) is 24.9. The van der Waals surface area contributed by atoms with Crippen molar-refractivity contribution in [2.45, 2.75) is 61.8 Å². The third kappa shape index (κ3) is 6.86. The van der Waals surface area contributed by atoms with Gasteiger partial charge in [-0.15, -0.1) is 0 Å². The van der Waals surface area contributed by atoms with Crippen molar-refractivity contribution >= 4 is 19.2 Å². The van der Waals surface area contributed by atoms with E-state index in [9.17, 15) is 0 Å². The van der Waals surface area contributed by atoms with Gasteiger partial charge in [0, 0.05) is 0 Å². The van der Waals surface area contributed by atoms with Gasteiger partial charge in [0.05, 0.1) is 0 Å². The van der Waals surface area contributed by atoms with Gasteiger partial charge in [0.15, 0.2) is 0 Å². The Labute approximate surface area is 221 Å². The summed E-state index contributed by atoms with van der Waals surface area (Å²) in [6, 6.07) is 14.4. The van der Waals surface area contributed by atoms with Gasteiger partial charge in [-0.1, -0.05) is 0 Å². The van der Waals surface area contributed by atoms with Gasteiger partial charge in [-0.3, -0.25) is 0 Å². The summed E-state index contributed by atoms with van der Waals surface area (Å²) < 4.78 is 1.57. The summed E-state index contributed by atoms with van der Waals surface area (Å²) in [6.45, 7) is 18.4. The molecular weight excluding hydrogens is 495 g/mol. The number of hydrogen-bond donors (Lipinski definition) is 0. The van der Waals surface area contributed by atoms with Crippen molar-refractivity contribution in [3.63, 3.8) is 0 Å². The molecule has 3 rings (SSSR count). The van der Waals surface area contributed by atoms with Crippen molar-refractivity contribution in [1.29, 1.82) is 0 Å². The van der Waals surface area contributed by atoms with E-state index in [4.69, 9.17) is 0 Å². The molecule has 0 spiro atoms.